The van der Waals surface area contributed by atoms with E-state index in [9.17, 15) is 9.59 Å². The highest BCUT2D eigenvalue weighted by molar-refractivity contribution is 6.32. The van der Waals surface area contributed by atoms with Crippen LogP contribution in [-0.4, -0.2) is 51.9 Å². The summed E-state index contributed by atoms with van der Waals surface area (Å²) in [6.45, 7) is 4.45. The van der Waals surface area contributed by atoms with E-state index in [1.165, 1.54) is 19.5 Å². The maximum atomic E-state index is 12.8. The summed E-state index contributed by atoms with van der Waals surface area (Å²) in [5.74, 6) is 0.779. The van der Waals surface area contributed by atoms with Crippen LogP contribution in [0.5, 0.6) is 11.5 Å². The number of nitrogens with zero attached hydrogens (tertiary/aromatic N) is 4. The summed E-state index contributed by atoms with van der Waals surface area (Å²) in [4.78, 5) is 39.1. The molecule has 3 heterocycles. The van der Waals surface area contributed by atoms with Crippen molar-refractivity contribution in [3.05, 3.63) is 84.4 Å². The maximum Gasteiger partial charge on any atom is 0.246 e. The molecule has 1 aliphatic heterocycles. The maximum absolute atomic E-state index is 12.8. The monoisotopic (exact) mass is 544 g/mol. The normalized spacial score (nSPS) is 12.9. The molecule has 11 heteroatoms. The molecule has 1 aliphatic rings. The van der Waals surface area contributed by atoms with Crippen LogP contribution in [0.4, 0.5) is 17.2 Å². The van der Waals surface area contributed by atoms with Crippen molar-refractivity contribution in [2.75, 3.05) is 30.8 Å². The molecule has 0 bridgehead atoms. The van der Waals surface area contributed by atoms with E-state index in [4.69, 9.17) is 21.1 Å². The second-order valence-corrected chi connectivity index (χ2v) is 9.21. The molecule has 0 unspecified atom stereocenters. The minimum atomic E-state index is -0.320. The molecule has 4 aromatic rings. The van der Waals surface area contributed by atoms with Crippen molar-refractivity contribution in [1.82, 2.24) is 19.9 Å². The fourth-order valence-corrected chi connectivity index (χ4v) is 4.34. The predicted molar refractivity (Wildman–Crippen MR) is 148 cm³/mol. The van der Waals surface area contributed by atoms with E-state index in [0.29, 0.717) is 64.3 Å². The Bertz CT molecular complexity index is 1540. The minimum Gasteiger partial charge on any atom is -0.494 e. The number of aromatic nitrogens is 3. The van der Waals surface area contributed by atoms with Crippen molar-refractivity contribution < 1.29 is 19.1 Å². The number of anilines is 3. The van der Waals surface area contributed by atoms with Crippen molar-refractivity contribution in [1.29, 1.82) is 0 Å². The van der Waals surface area contributed by atoms with Gasteiger partial charge in [-0.2, -0.15) is 0 Å². The number of ether oxygens (including phenoxy) is 2. The van der Waals surface area contributed by atoms with Gasteiger partial charge in [0.25, 0.3) is 0 Å². The standard InChI is InChI=1S/C28H25ClN6O4/c1-3-26(36)35-13-17(14-35)28(37)34-23-11-20-22(12-25(23)38-2)31-16-32-27(20)33-18-7-8-24(21(29)10-18)39-15-19-6-4-5-9-30-19/h3-12,16-17H,1,13-15H2,2H3,(H,34,37)(H,31,32,33). The summed E-state index contributed by atoms with van der Waals surface area (Å²) in [5, 5.41) is 7.27. The Morgan fingerprint density at radius 3 is 2.69 bits per heavy atom. The van der Waals surface area contributed by atoms with Crippen molar-refractivity contribution >= 4 is 51.5 Å². The molecule has 39 heavy (non-hydrogen) atoms. The molecule has 10 nitrogen and oxygen atoms in total. The van der Waals surface area contributed by atoms with E-state index >= 15 is 0 Å². The second-order valence-electron chi connectivity index (χ2n) is 8.81. The molecule has 5 rings (SSSR count). The number of nitrogens with one attached hydrogen (secondary N) is 2. The third kappa shape index (κ3) is 5.75. The van der Waals surface area contributed by atoms with Gasteiger partial charge in [-0.3, -0.25) is 14.6 Å². The zero-order valence-corrected chi connectivity index (χ0v) is 21.8. The first-order chi connectivity index (χ1) is 18.9. The zero-order chi connectivity index (χ0) is 27.4. The van der Waals surface area contributed by atoms with Crippen LogP contribution in [-0.2, 0) is 16.2 Å². The van der Waals surface area contributed by atoms with E-state index in [0.717, 1.165) is 5.69 Å². The Morgan fingerprint density at radius 2 is 1.97 bits per heavy atom. The fourth-order valence-electron chi connectivity index (χ4n) is 4.11. The number of hydrogen-bond donors (Lipinski definition) is 2. The van der Waals surface area contributed by atoms with Gasteiger partial charge in [0.15, 0.2) is 0 Å². The number of halogens is 1. The average molecular weight is 545 g/mol. The Labute approximate surface area is 229 Å². The number of rotatable bonds is 9. The van der Waals surface area contributed by atoms with E-state index in [2.05, 4.69) is 32.2 Å². The fraction of sp³-hybridized carbons (Fsp3) is 0.179. The first-order valence-corrected chi connectivity index (χ1v) is 12.5. The predicted octanol–water partition coefficient (Wildman–Crippen LogP) is 4.59. The topological polar surface area (TPSA) is 119 Å². The second kappa shape index (κ2) is 11.4. The molecular formula is C28H25ClN6O4. The number of fused-ring (bicyclic) bond motifs is 1. The van der Waals surface area contributed by atoms with Crippen LogP contribution in [0.3, 0.4) is 0 Å². The molecule has 0 radical (unpaired) electrons. The molecule has 0 atom stereocenters. The molecular weight excluding hydrogens is 520 g/mol. The Hall–Kier alpha value is -4.70. The van der Waals surface area contributed by atoms with E-state index in [1.54, 1.807) is 35.4 Å². The van der Waals surface area contributed by atoms with Gasteiger partial charge in [-0.05, 0) is 42.5 Å². The van der Waals surface area contributed by atoms with Gasteiger partial charge < -0.3 is 25.0 Å². The van der Waals surface area contributed by atoms with Crippen molar-refractivity contribution in [2.24, 2.45) is 5.92 Å². The summed E-state index contributed by atoms with van der Waals surface area (Å²) < 4.78 is 11.3. The number of hydrogen-bond acceptors (Lipinski definition) is 8. The lowest BCUT2D eigenvalue weighted by Gasteiger charge is -2.37. The number of benzene rings is 2. The van der Waals surface area contributed by atoms with Gasteiger partial charge in [-0.15, -0.1) is 0 Å². The lowest BCUT2D eigenvalue weighted by atomic mass is 9.99. The zero-order valence-electron chi connectivity index (χ0n) is 21.1. The van der Waals surface area contributed by atoms with Crippen LogP contribution in [0.15, 0.2) is 73.7 Å². The third-order valence-electron chi connectivity index (χ3n) is 6.25. The highest BCUT2D eigenvalue weighted by atomic mass is 35.5. The van der Waals surface area contributed by atoms with Crippen molar-refractivity contribution in [3.63, 3.8) is 0 Å². The number of methoxy groups -OCH3 is 1. The van der Waals surface area contributed by atoms with Crippen LogP contribution in [0.1, 0.15) is 5.69 Å². The molecule has 2 N–H and O–H groups in total. The van der Waals surface area contributed by atoms with Gasteiger partial charge in [-0.25, -0.2) is 9.97 Å². The smallest absolute Gasteiger partial charge is 0.246 e. The number of carbonyl (C=O) groups excluding carboxylic acids is 2. The van der Waals surface area contributed by atoms with Crippen molar-refractivity contribution in [3.8, 4) is 11.5 Å². The quantitative estimate of drug-likeness (QED) is 0.294. The van der Waals surface area contributed by atoms with Gasteiger partial charge >= 0.3 is 0 Å². The summed E-state index contributed by atoms with van der Waals surface area (Å²) in [6.07, 6.45) is 4.39. The molecule has 0 aliphatic carbocycles. The Balaban J connectivity index is 1.33. The van der Waals surface area contributed by atoms with Crippen LogP contribution in [0.2, 0.25) is 5.02 Å². The number of likely N-dealkylation sites (tertiary alicyclic amines) is 1. The van der Waals surface area contributed by atoms with Gasteiger partial charge in [-0.1, -0.05) is 24.2 Å². The van der Waals surface area contributed by atoms with Gasteiger partial charge in [0.1, 0.15) is 30.3 Å². The summed E-state index contributed by atoms with van der Waals surface area (Å²) in [5.41, 5.74) is 2.57. The summed E-state index contributed by atoms with van der Waals surface area (Å²) in [6, 6.07) is 14.4. The third-order valence-corrected chi connectivity index (χ3v) is 6.54. The minimum absolute atomic E-state index is 0.192. The molecule has 2 amide bonds. The highest BCUT2D eigenvalue weighted by Crippen LogP contribution is 2.35. The lowest BCUT2D eigenvalue weighted by molar-refractivity contribution is -0.137. The highest BCUT2D eigenvalue weighted by Gasteiger charge is 2.35. The van der Waals surface area contributed by atoms with E-state index in [-0.39, 0.29) is 17.7 Å². The van der Waals surface area contributed by atoms with Crippen LogP contribution < -0.4 is 20.1 Å². The first kappa shape index (κ1) is 25.9. The van der Waals surface area contributed by atoms with E-state index < -0.39 is 0 Å². The van der Waals surface area contributed by atoms with Crippen LogP contribution in [0, 0.1) is 5.92 Å². The molecule has 1 saturated heterocycles. The molecule has 2 aromatic carbocycles. The largest absolute Gasteiger partial charge is 0.494 e. The van der Waals surface area contributed by atoms with E-state index in [1.807, 2.05) is 24.3 Å². The SMILES string of the molecule is C=CC(=O)N1CC(C(=O)Nc2cc3c(Nc4ccc(OCc5ccccn5)c(Cl)c4)ncnc3cc2OC)C1. The Kier molecular flexibility index (Phi) is 7.55. The van der Waals surface area contributed by atoms with Gasteiger partial charge in [0.05, 0.1) is 34.9 Å². The molecule has 2 aromatic heterocycles. The molecule has 1 fully saturated rings. The molecule has 0 saturated carbocycles. The number of pyridine rings is 1. The average Bonchev–Trinajstić information content (AvgIpc) is 2.92. The lowest BCUT2D eigenvalue weighted by Crippen LogP contribution is -2.53. The number of carbonyl (C=O) groups is 2. The molecule has 198 valence electrons. The Morgan fingerprint density at radius 1 is 1.13 bits per heavy atom. The van der Waals surface area contributed by atoms with Gasteiger partial charge in [0.2, 0.25) is 11.8 Å². The van der Waals surface area contributed by atoms with Crippen molar-refractivity contribution in [2.45, 2.75) is 6.61 Å². The number of amides is 2. The van der Waals surface area contributed by atoms with Crippen LogP contribution in [0.25, 0.3) is 10.9 Å². The first-order valence-electron chi connectivity index (χ1n) is 12.1. The summed E-state index contributed by atoms with van der Waals surface area (Å²) in [7, 11) is 1.52. The molecule has 0 spiro atoms. The summed E-state index contributed by atoms with van der Waals surface area (Å²) >= 11 is 6.48. The van der Waals surface area contributed by atoms with Gasteiger partial charge in [0, 0.05) is 36.4 Å². The van der Waals surface area contributed by atoms with Crippen LogP contribution >= 0.6 is 11.6 Å².